The number of nitrogens with zero attached hydrogens (tertiary/aromatic N) is 2. The monoisotopic (exact) mass is 310 g/mol. The van der Waals surface area contributed by atoms with Gasteiger partial charge < -0.3 is 14.5 Å². The second kappa shape index (κ2) is 8.51. The van der Waals surface area contributed by atoms with Gasteiger partial charge in [0.05, 0.1) is 5.92 Å². The third kappa shape index (κ3) is 4.70. The van der Waals surface area contributed by atoms with Crippen LogP contribution in [0.3, 0.4) is 0 Å². The summed E-state index contributed by atoms with van der Waals surface area (Å²) in [4.78, 5) is 28.8. The first-order valence-corrected chi connectivity index (χ1v) is 8.67. The van der Waals surface area contributed by atoms with E-state index in [9.17, 15) is 9.59 Å². The van der Waals surface area contributed by atoms with Gasteiger partial charge in [-0.2, -0.15) is 0 Å². The molecule has 2 rings (SSSR count). The van der Waals surface area contributed by atoms with Crippen molar-refractivity contribution in [3.8, 4) is 0 Å². The zero-order valence-electron chi connectivity index (χ0n) is 14.1. The minimum absolute atomic E-state index is 0.00790. The Hall–Kier alpha value is -1.10. The Morgan fingerprint density at radius 1 is 1.09 bits per heavy atom. The van der Waals surface area contributed by atoms with E-state index in [0.29, 0.717) is 19.6 Å². The van der Waals surface area contributed by atoms with Crippen LogP contribution in [0.4, 0.5) is 0 Å². The van der Waals surface area contributed by atoms with Gasteiger partial charge in [0.1, 0.15) is 0 Å². The van der Waals surface area contributed by atoms with Crippen LogP contribution < -0.4 is 0 Å². The first-order chi connectivity index (χ1) is 10.6. The molecular formula is C17H30N2O3. The molecule has 0 spiro atoms. The summed E-state index contributed by atoms with van der Waals surface area (Å²) in [5.41, 5.74) is 0. The van der Waals surface area contributed by atoms with E-state index in [1.165, 1.54) is 0 Å². The molecule has 2 saturated heterocycles. The van der Waals surface area contributed by atoms with E-state index in [0.717, 1.165) is 57.7 Å². The molecule has 0 aromatic rings. The minimum atomic E-state index is 0.00790. The van der Waals surface area contributed by atoms with Crippen LogP contribution in [0.5, 0.6) is 0 Å². The molecule has 0 radical (unpaired) electrons. The topological polar surface area (TPSA) is 49.9 Å². The number of hydrogen-bond acceptors (Lipinski definition) is 3. The predicted octanol–water partition coefficient (Wildman–Crippen LogP) is 1.91. The summed E-state index contributed by atoms with van der Waals surface area (Å²) >= 11 is 0. The lowest BCUT2D eigenvalue weighted by Crippen LogP contribution is -2.48. The Morgan fingerprint density at radius 3 is 2.50 bits per heavy atom. The van der Waals surface area contributed by atoms with E-state index in [2.05, 4.69) is 6.92 Å². The number of amides is 2. The first kappa shape index (κ1) is 17.3. The van der Waals surface area contributed by atoms with Crippen LogP contribution in [-0.4, -0.2) is 61.5 Å². The largest absolute Gasteiger partial charge is 0.385 e. The molecule has 1 atom stereocenters. The number of rotatable bonds is 5. The van der Waals surface area contributed by atoms with Crippen molar-refractivity contribution >= 4 is 11.8 Å². The third-order valence-electron chi connectivity index (χ3n) is 4.96. The van der Waals surface area contributed by atoms with Gasteiger partial charge in [-0.3, -0.25) is 9.59 Å². The van der Waals surface area contributed by atoms with Crippen molar-refractivity contribution in [2.75, 3.05) is 39.9 Å². The van der Waals surface area contributed by atoms with E-state index >= 15 is 0 Å². The molecular weight excluding hydrogens is 280 g/mol. The highest BCUT2D eigenvalue weighted by molar-refractivity contribution is 5.81. The van der Waals surface area contributed by atoms with Gasteiger partial charge in [0.2, 0.25) is 11.8 Å². The molecule has 1 unspecified atom stereocenters. The van der Waals surface area contributed by atoms with Crippen LogP contribution >= 0.6 is 0 Å². The maximum Gasteiger partial charge on any atom is 0.227 e. The normalized spacial score (nSPS) is 23.6. The smallest absolute Gasteiger partial charge is 0.227 e. The molecule has 0 aromatic heterocycles. The Balaban J connectivity index is 1.82. The molecule has 0 aromatic carbocycles. The van der Waals surface area contributed by atoms with Crippen LogP contribution in [0.25, 0.3) is 0 Å². The molecule has 0 N–H and O–H groups in total. The molecule has 2 amide bonds. The van der Waals surface area contributed by atoms with Crippen LogP contribution in [0.15, 0.2) is 0 Å². The summed E-state index contributed by atoms with van der Waals surface area (Å²) in [6.45, 7) is 6.05. The fourth-order valence-corrected chi connectivity index (χ4v) is 3.42. The molecule has 126 valence electrons. The maximum absolute atomic E-state index is 12.7. The highest BCUT2D eigenvalue weighted by Gasteiger charge is 2.32. The average molecular weight is 310 g/mol. The van der Waals surface area contributed by atoms with Crippen molar-refractivity contribution in [2.45, 2.75) is 45.4 Å². The predicted molar refractivity (Wildman–Crippen MR) is 85.4 cm³/mol. The molecule has 2 aliphatic rings. The number of methoxy groups -OCH3 is 1. The van der Waals surface area contributed by atoms with Crippen molar-refractivity contribution in [1.82, 2.24) is 9.80 Å². The van der Waals surface area contributed by atoms with Gasteiger partial charge in [0, 0.05) is 46.3 Å². The Morgan fingerprint density at radius 2 is 1.82 bits per heavy atom. The summed E-state index contributed by atoms with van der Waals surface area (Å²) < 4.78 is 5.00. The number of carbonyl (C=O) groups is 2. The number of carbonyl (C=O) groups excluding carboxylic acids is 2. The van der Waals surface area contributed by atoms with Crippen molar-refractivity contribution < 1.29 is 14.3 Å². The molecule has 2 fully saturated rings. The Kier molecular flexibility index (Phi) is 6.68. The Bertz CT molecular complexity index is 378. The van der Waals surface area contributed by atoms with Crippen LogP contribution in [-0.2, 0) is 14.3 Å². The standard InChI is InChI=1S/C17H30N2O3/c1-14-7-10-18(11-8-14)17(21)15-5-3-9-19(13-15)16(20)6-4-12-22-2/h14-15H,3-13H2,1-2H3. The van der Waals surface area contributed by atoms with Gasteiger partial charge in [0.15, 0.2) is 0 Å². The van der Waals surface area contributed by atoms with E-state index in [-0.39, 0.29) is 17.7 Å². The molecule has 2 aliphatic heterocycles. The quantitative estimate of drug-likeness (QED) is 0.729. The van der Waals surface area contributed by atoms with Gasteiger partial charge in [-0.05, 0) is 38.0 Å². The molecule has 5 heteroatoms. The van der Waals surface area contributed by atoms with Gasteiger partial charge in [-0.1, -0.05) is 6.92 Å². The van der Waals surface area contributed by atoms with Gasteiger partial charge in [-0.25, -0.2) is 0 Å². The summed E-state index contributed by atoms with van der Waals surface area (Å²) in [6, 6.07) is 0. The fraction of sp³-hybridized carbons (Fsp3) is 0.882. The van der Waals surface area contributed by atoms with E-state index < -0.39 is 0 Å². The van der Waals surface area contributed by atoms with E-state index in [4.69, 9.17) is 4.74 Å². The van der Waals surface area contributed by atoms with Crippen LogP contribution in [0, 0.1) is 11.8 Å². The summed E-state index contributed by atoms with van der Waals surface area (Å²) in [5.74, 6) is 1.17. The Labute approximate surface area is 134 Å². The number of hydrogen-bond donors (Lipinski definition) is 0. The zero-order chi connectivity index (χ0) is 15.9. The van der Waals surface area contributed by atoms with Gasteiger partial charge in [0.25, 0.3) is 0 Å². The van der Waals surface area contributed by atoms with E-state index in [1.807, 2.05) is 9.80 Å². The lowest BCUT2D eigenvalue weighted by atomic mass is 9.93. The van der Waals surface area contributed by atoms with E-state index in [1.54, 1.807) is 7.11 Å². The second-order valence-electron chi connectivity index (χ2n) is 6.78. The molecule has 0 bridgehead atoms. The lowest BCUT2D eigenvalue weighted by Gasteiger charge is -2.37. The maximum atomic E-state index is 12.7. The van der Waals surface area contributed by atoms with Crippen LogP contribution in [0.1, 0.15) is 45.4 Å². The van der Waals surface area contributed by atoms with Crippen molar-refractivity contribution in [3.63, 3.8) is 0 Å². The molecule has 22 heavy (non-hydrogen) atoms. The number of piperidine rings is 2. The highest BCUT2D eigenvalue weighted by Crippen LogP contribution is 2.23. The third-order valence-corrected chi connectivity index (χ3v) is 4.96. The van der Waals surface area contributed by atoms with Crippen molar-refractivity contribution in [2.24, 2.45) is 11.8 Å². The fourth-order valence-electron chi connectivity index (χ4n) is 3.42. The number of likely N-dealkylation sites (tertiary alicyclic amines) is 2. The summed E-state index contributed by atoms with van der Waals surface area (Å²) in [7, 11) is 1.65. The molecule has 5 nitrogen and oxygen atoms in total. The summed E-state index contributed by atoms with van der Waals surface area (Å²) in [5, 5.41) is 0. The second-order valence-corrected chi connectivity index (χ2v) is 6.78. The highest BCUT2D eigenvalue weighted by atomic mass is 16.5. The van der Waals surface area contributed by atoms with Crippen molar-refractivity contribution in [1.29, 1.82) is 0 Å². The number of ether oxygens (including phenoxy) is 1. The molecule has 0 saturated carbocycles. The molecule has 2 heterocycles. The van der Waals surface area contributed by atoms with Crippen LogP contribution in [0.2, 0.25) is 0 Å². The zero-order valence-corrected chi connectivity index (χ0v) is 14.1. The summed E-state index contributed by atoms with van der Waals surface area (Å²) in [6.07, 6.45) is 5.37. The molecule has 0 aliphatic carbocycles. The lowest BCUT2D eigenvalue weighted by molar-refractivity contribution is -0.142. The first-order valence-electron chi connectivity index (χ1n) is 8.67. The SMILES string of the molecule is COCCCC(=O)N1CCCC(C(=O)N2CCC(C)CC2)C1. The average Bonchev–Trinajstić information content (AvgIpc) is 2.55. The van der Waals surface area contributed by atoms with Gasteiger partial charge in [-0.15, -0.1) is 0 Å². The van der Waals surface area contributed by atoms with Crippen molar-refractivity contribution in [3.05, 3.63) is 0 Å². The van der Waals surface area contributed by atoms with Gasteiger partial charge >= 0.3 is 0 Å². The minimum Gasteiger partial charge on any atom is -0.385 e.